The maximum Gasteiger partial charge on any atom is 0.253 e. The number of carbonyl (C=O) groups is 1. The number of pyridine rings is 1. The average molecular weight is 434 g/mol. The van der Waals surface area contributed by atoms with Crippen molar-refractivity contribution < 1.29 is 9.53 Å². The van der Waals surface area contributed by atoms with Crippen LogP contribution in [0.2, 0.25) is 15.2 Å². The van der Waals surface area contributed by atoms with Gasteiger partial charge in [0.25, 0.3) is 5.91 Å². The van der Waals surface area contributed by atoms with Crippen LogP contribution in [0, 0.1) is 0 Å². The summed E-state index contributed by atoms with van der Waals surface area (Å²) in [6.45, 7) is -0.0443. The van der Waals surface area contributed by atoms with Crippen molar-refractivity contribution in [1.82, 2.24) is 4.98 Å². The lowest BCUT2D eigenvalue weighted by Gasteiger charge is -2.41. The van der Waals surface area contributed by atoms with Crippen molar-refractivity contribution in [2.24, 2.45) is 0 Å². The first-order valence-corrected chi connectivity index (χ1v) is 9.72. The first-order chi connectivity index (χ1) is 13.5. The number of halogens is 3. The van der Waals surface area contributed by atoms with E-state index in [1.165, 1.54) is 0 Å². The average Bonchev–Trinajstić information content (AvgIpc) is 2.69. The normalized spacial score (nSPS) is 19.7. The van der Waals surface area contributed by atoms with E-state index in [-0.39, 0.29) is 18.6 Å². The Morgan fingerprint density at radius 1 is 0.893 bits per heavy atom. The molecule has 142 valence electrons. The monoisotopic (exact) mass is 432 g/mol. The molecule has 0 aliphatic carbocycles. The van der Waals surface area contributed by atoms with Gasteiger partial charge in [0.1, 0.15) is 17.9 Å². The van der Waals surface area contributed by atoms with Crippen molar-refractivity contribution in [3.63, 3.8) is 0 Å². The number of benzene rings is 2. The number of anilines is 1. The first-order valence-electron chi connectivity index (χ1n) is 8.59. The lowest BCUT2D eigenvalue weighted by atomic mass is 9.92. The molecule has 1 aliphatic heterocycles. The van der Waals surface area contributed by atoms with Gasteiger partial charge in [-0.05, 0) is 47.5 Å². The molecule has 1 amide bonds. The van der Waals surface area contributed by atoms with Crippen molar-refractivity contribution >= 4 is 46.4 Å². The molecule has 2 atom stereocenters. The second-order valence-electron chi connectivity index (χ2n) is 6.38. The van der Waals surface area contributed by atoms with Gasteiger partial charge in [0, 0.05) is 21.9 Å². The highest BCUT2D eigenvalue weighted by Crippen LogP contribution is 2.43. The Labute approximate surface area is 177 Å². The van der Waals surface area contributed by atoms with E-state index < -0.39 is 6.04 Å². The maximum atomic E-state index is 12.9. The summed E-state index contributed by atoms with van der Waals surface area (Å²) in [5.74, 6) is -0.160. The maximum absolute atomic E-state index is 12.9. The van der Waals surface area contributed by atoms with Crippen molar-refractivity contribution in [2.45, 2.75) is 12.1 Å². The van der Waals surface area contributed by atoms with E-state index in [1.54, 1.807) is 35.4 Å². The summed E-state index contributed by atoms with van der Waals surface area (Å²) in [4.78, 5) is 18.6. The lowest BCUT2D eigenvalue weighted by molar-refractivity contribution is -0.132. The molecule has 1 aliphatic rings. The molecule has 0 saturated carbocycles. The molecule has 4 rings (SSSR count). The molecule has 0 unspecified atom stereocenters. The Hall–Kier alpha value is -2.11. The summed E-state index contributed by atoms with van der Waals surface area (Å²) in [6.07, 6.45) is 1.19. The first kappa shape index (κ1) is 19.2. The summed E-state index contributed by atoms with van der Waals surface area (Å²) in [5.41, 5.74) is 2.47. The van der Waals surface area contributed by atoms with Gasteiger partial charge in [0.15, 0.2) is 0 Å². The van der Waals surface area contributed by atoms with E-state index in [9.17, 15) is 4.79 Å². The van der Waals surface area contributed by atoms with Crippen LogP contribution in [0.15, 0.2) is 66.9 Å². The summed E-state index contributed by atoms with van der Waals surface area (Å²) < 4.78 is 5.98. The van der Waals surface area contributed by atoms with E-state index in [0.717, 1.165) is 11.1 Å². The van der Waals surface area contributed by atoms with Gasteiger partial charge in [-0.1, -0.05) is 59.1 Å². The molecule has 2 heterocycles. The van der Waals surface area contributed by atoms with Crippen LogP contribution in [0.5, 0.6) is 0 Å². The van der Waals surface area contributed by atoms with Crippen LogP contribution in [-0.4, -0.2) is 17.5 Å². The van der Waals surface area contributed by atoms with Crippen LogP contribution in [0.25, 0.3) is 0 Å². The second-order valence-corrected chi connectivity index (χ2v) is 7.64. The molecule has 4 nitrogen and oxygen atoms in total. The van der Waals surface area contributed by atoms with Crippen molar-refractivity contribution in [1.29, 1.82) is 0 Å². The van der Waals surface area contributed by atoms with Gasteiger partial charge >= 0.3 is 0 Å². The van der Waals surface area contributed by atoms with Gasteiger partial charge < -0.3 is 4.74 Å². The van der Waals surface area contributed by atoms with Crippen LogP contribution in [0.1, 0.15) is 23.3 Å². The third-order valence-corrected chi connectivity index (χ3v) is 5.33. The number of hydrogen-bond donors (Lipinski definition) is 0. The molecule has 0 radical (unpaired) electrons. The highest BCUT2D eigenvalue weighted by Gasteiger charge is 2.39. The largest absolute Gasteiger partial charge is 0.361 e. The smallest absolute Gasteiger partial charge is 0.253 e. The molecule has 2 aromatic carbocycles. The van der Waals surface area contributed by atoms with E-state index in [1.807, 2.05) is 36.4 Å². The number of hydrogen-bond acceptors (Lipinski definition) is 3. The SMILES string of the molecule is O=C1CO[C@H](c2ccc(Cl)cc2)[C@H](c2ccc(Cl)cc2)N1c1ccnc(Cl)c1. The van der Waals surface area contributed by atoms with Gasteiger partial charge in [-0.25, -0.2) is 4.98 Å². The van der Waals surface area contributed by atoms with Gasteiger partial charge in [-0.15, -0.1) is 0 Å². The zero-order valence-corrected chi connectivity index (χ0v) is 16.8. The summed E-state index contributed by atoms with van der Waals surface area (Å²) in [5, 5.41) is 1.57. The number of nitrogens with zero attached hydrogens (tertiary/aromatic N) is 2. The lowest BCUT2D eigenvalue weighted by Crippen LogP contribution is -2.46. The number of morpholine rings is 1. The fourth-order valence-electron chi connectivity index (χ4n) is 3.37. The van der Waals surface area contributed by atoms with Crippen LogP contribution >= 0.6 is 34.8 Å². The zero-order valence-electron chi connectivity index (χ0n) is 14.6. The van der Waals surface area contributed by atoms with Gasteiger partial charge in [0.05, 0.1) is 6.04 Å². The Morgan fingerprint density at radius 2 is 1.50 bits per heavy atom. The zero-order chi connectivity index (χ0) is 19.7. The summed E-state index contributed by atoms with van der Waals surface area (Å²) >= 11 is 18.2. The minimum atomic E-state index is -0.404. The number of amides is 1. The van der Waals surface area contributed by atoms with E-state index >= 15 is 0 Å². The highest BCUT2D eigenvalue weighted by atomic mass is 35.5. The Bertz CT molecular complexity index is 993. The number of aromatic nitrogens is 1. The Kier molecular flexibility index (Phi) is 5.56. The van der Waals surface area contributed by atoms with Crippen LogP contribution < -0.4 is 4.90 Å². The van der Waals surface area contributed by atoms with Crippen LogP contribution in [-0.2, 0) is 9.53 Å². The summed E-state index contributed by atoms with van der Waals surface area (Å²) in [6, 6.07) is 17.8. The molecule has 1 aromatic heterocycles. The van der Waals surface area contributed by atoms with Crippen LogP contribution in [0.4, 0.5) is 5.69 Å². The number of ether oxygens (including phenoxy) is 1. The fourth-order valence-corrected chi connectivity index (χ4v) is 3.79. The predicted octanol–water partition coefficient (Wildman–Crippen LogP) is 5.89. The van der Waals surface area contributed by atoms with Crippen molar-refractivity contribution in [3.8, 4) is 0 Å². The van der Waals surface area contributed by atoms with Gasteiger partial charge in [0.2, 0.25) is 0 Å². The molecule has 0 N–H and O–H groups in total. The second kappa shape index (κ2) is 8.10. The third kappa shape index (κ3) is 3.87. The van der Waals surface area contributed by atoms with E-state index in [0.29, 0.717) is 20.9 Å². The van der Waals surface area contributed by atoms with Gasteiger partial charge in [-0.3, -0.25) is 9.69 Å². The molecular formula is C21H15Cl3N2O2. The Balaban J connectivity index is 1.85. The third-order valence-electron chi connectivity index (χ3n) is 4.62. The minimum Gasteiger partial charge on any atom is -0.361 e. The number of carbonyl (C=O) groups excluding carboxylic acids is 1. The molecule has 0 bridgehead atoms. The molecule has 7 heteroatoms. The molecule has 1 fully saturated rings. The molecule has 1 saturated heterocycles. The van der Waals surface area contributed by atoms with Gasteiger partial charge in [-0.2, -0.15) is 0 Å². The van der Waals surface area contributed by atoms with E-state index in [2.05, 4.69) is 4.98 Å². The topological polar surface area (TPSA) is 42.4 Å². The fraction of sp³-hybridized carbons (Fsp3) is 0.143. The molecular weight excluding hydrogens is 419 g/mol. The van der Waals surface area contributed by atoms with Crippen LogP contribution in [0.3, 0.4) is 0 Å². The quantitative estimate of drug-likeness (QED) is 0.484. The number of rotatable bonds is 3. The minimum absolute atomic E-state index is 0.0443. The molecule has 3 aromatic rings. The standard InChI is InChI=1S/C21H15Cl3N2O2/c22-15-5-1-13(2-6-15)20-21(14-3-7-16(23)8-4-14)28-12-19(27)26(20)17-9-10-25-18(24)11-17/h1-11,20-21H,12H2/t20-,21+/m0/s1. The summed E-state index contributed by atoms with van der Waals surface area (Å²) in [7, 11) is 0. The highest BCUT2D eigenvalue weighted by molar-refractivity contribution is 6.31. The van der Waals surface area contributed by atoms with Crippen molar-refractivity contribution in [3.05, 3.63) is 93.2 Å². The Morgan fingerprint density at radius 3 is 2.11 bits per heavy atom. The predicted molar refractivity (Wildman–Crippen MR) is 111 cm³/mol. The molecule has 0 spiro atoms. The van der Waals surface area contributed by atoms with Crippen molar-refractivity contribution in [2.75, 3.05) is 11.5 Å². The molecule has 28 heavy (non-hydrogen) atoms. The van der Waals surface area contributed by atoms with E-state index in [4.69, 9.17) is 39.5 Å².